The molecule has 0 spiro atoms. The Bertz CT molecular complexity index is 441. The van der Waals surface area contributed by atoms with E-state index in [0.29, 0.717) is 11.4 Å². The second-order valence-corrected chi connectivity index (χ2v) is 3.84. The van der Waals surface area contributed by atoms with Gasteiger partial charge in [-0.2, -0.15) is 0 Å². The number of rotatable bonds is 0. The second-order valence-electron chi connectivity index (χ2n) is 3.84. The van der Waals surface area contributed by atoms with Crippen LogP contribution in [0, 0.1) is 13.8 Å². The van der Waals surface area contributed by atoms with E-state index in [-0.39, 0.29) is 12.5 Å². The summed E-state index contributed by atoms with van der Waals surface area (Å²) in [7, 11) is 1.74. The Morgan fingerprint density at radius 1 is 1.40 bits per heavy atom. The Labute approximate surface area is 88.6 Å². The lowest BCUT2D eigenvalue weighted by Crippen LogP contribution is -2.36. The number of benzene rings is 1. The fraction of sp³-hybridized carbons (Fsp3) is 0.364. The highest BCUT2D eigenvalue weighted by Crippen LogP contribution is 2.41. The van der Waals surface area contributed by atoms with Crippen molar-refractivity contribution in [2.24, 2.45) is 0 Å². The zero-order chi connectivity index (χ0) is 11.2. The van der Waals surface area contributed by atoms with Gasteiger partial charge in [0.05, 0.1) is 11.4 Å². The van der Waals surface area contributed by atoms with E-state index in [1.54, 1.807) is 11.9 Å². The maximum Gasteiger partial charge on any atom is 0.264 e. The number of carbonyl (C=O) groups is 1. The largest absolute Gasteiger partial charge is 0.479 e. The van der Waals surface area contributed by atoms with Crippen molar-refractivity contribution in [2.75, 3.05) is 24.3 Å². The van der Waals surface area contributed by atoms with E-state index in [2.05, 4.69) is 0 Å². The summed E-state index contributed by atoms with van der Waals surface area (Å²) in [5.41, 5.74) is 9.31. The molecule has 0 saturated carbocycles. The number of carbonyl (C=O) groups excluding carboxylic acids is 1. The summed E-state index contributed by atoms with van der Waals surface area (Å²) >= 11 is 0. The minimum absolute atomic E-state index is 0.0474. The van der Waals surface area contributed by atoms with Gasteiger partial charge in [0, 0.05) is 7.05 Å². The second kappa shape index (κ2) is 3.15. The molecular weight excluding hydrogens is 192 g/mol. The van der Waals surface area contributed by atoms with Crippen LogP contribution in [0.1, 0.15) is 11.1 Å². The van der Waals surface area contributed by atoms with Crippen LogP contribution in [0.5, 0.6) is 5.75 Å². The fourth-order valence-electron chi connectivity index (χ4n) is 1.87. The van der Waals surface area contributed by atoms with Gasteiger partial charge in [-0.25, -0.2) is 0 Å². The molecular formula is C11H14N2O2. The van der Waals surface area contributed by atoms with Crippen molar-refractivity contribution >= 4 is 17.3 Å². The molecule has 1 heterocycles. The SMILES string of the molecule is Cc1cc(C)c2c(c1N)OCC(=O)N2C. The van der Waals surface area contributed by atoms with Crippen molar-refractivity contribution in [3.63, 3.8) is 0 Å². The van der Waals surface area contributed by atoms with Gasteiger partial charge in [-0.15, -0.1) is 0 Å². The number of hydrogen-bond acceptors (Lipinski definition) is 3. The van der Waals surface area contributed by atoms with E-state index >= 15 is 0 Å². The standard InChI is InChI=1S/C11H14N2O2/c1-6-4-7(2)10-11(9(6)12)15-5-8(14)13(10)3/h4H,5,12H2,1-3H3. The molecule has 0 radical (unpaired) electrons. The van der Waals surface area contributed by atoms with Crippen LogP contribution in [0.4, 0.5) is 11.4 Å². The predicted octanol–water partition coefficient (Wildman–Crippen LogP) is 1.24. The van der Waals surface area contributed by atoms with Gasteiger partial charge in [0.2, 0.25) is 0 Å². The van der Waals surface area contributed by atoms with Gasteiger partial charge < -0.3 is 15.4 Å². The Hall–Kier alpha value is -1.71. The molecule has 0 atom stereocenters. The first-order valence-electron chi connectivity index (χ1n) is 4.81. The Balaban J connectivity index is 2.69. The molecule has 2 N–H and O–H groups in total. The number of ether oxygens (including phenoxy) is 1. The summed E-state index contributed by atoms with van der Waals surface area (Å²) in [6, 6.07) is 1.96. The smallest absolute Gasteiger partial charge is 0.264 e. The lowest BCUT2D eigenvalue weighted by Gasteiger charge is -2.29. The summed E-state index contributed by atoms with van der Waals surface area (Å²) < 4.78 is 5.38. The molecule has 0 fully saturated rings. The van der Waals surface area contributed by atoms with E-state index in [1.165, 1.54) is 0 Å². The molecule has 15 heavy (non-hydrogen) atoms. The van der Waals surface area contributed by atoms with Crippen LogP contribution in [0.25, 0.3) is 0 Å². The van der Waals surface area contributed by atoms with E-state index in [9.17, 15) is 4.79 Å². The molecule has 1 aromatic rings. The summed E-state index contributed by atoms with van der Waals surface area (Å²) in [5.74, 6) is 0.587. The Kier molecular flexibility index (Phi) is 2.07. The van der Waals surface area contributed by atoms with Crippen molar-refractivity contribution in [3.05, 3.63) is 17.2 Å². The van der Waals surface area contributed by atoms with E-state index in [0.717, 1.165) is 16.8 Å². The first-order chi connectivity index (χ1) is 7.02. The number of amides is 1. The Morgan fingerprint density at radius 3 is 2.73 bits per heavy atom. The van der Waals surface area contributed by atoms with Crippen molar-refractivity contribution in [2.45, 2.75) is 13.8 Å². The zero-order valence-electron chi connectivity index (χ0n) is 9.13. The third-order valence-corrected chi connectivity index (χ3v) is 2.74. The summed E-state index contributed by atoms with van der Waals surface area (Å²) in [6.45, 7) is 3.95. The van der Waals surface area contributed by atoms with Gasteiger partial charge in [0.1, 0.15) is 0 Å². The molecule has 2 rings (SSSR count). The van der Waals surface area contributed by atoms with Gasteiger partial charge in [-0.1, -0.05) is 6.07 Å². The molecule has 1 aromatic carbocycles. The predicted molar refractivity (Wildman–Crippen MR) is 59.2 cm³/mol. The first-order valence-corrected chi connectivity index (χ1v) is 4.81. The minimum Gasteiger partial charge on any atom is -0.479 e. The minimum atomic E-state index is -0.0474. The van der Waals surface area contributed by atoms with Crippen molar-refractivity contribution in [1.29, 1.82) is 0 Å². The highest BCUT2D eigenvalue weighted by atomic mass is 16.5. The first kappa shape index (κ1) is 9.83. The highest BCUT2D eigenvalue weighted by molar-refractivity contribution is 6.00. The molecule has 0 saturated heterocycles. The van der Waals surface area contributed by atoms with Crippen molar-refractivity contribution in [3.8, 4) is 5.75 Å². The topological polar surface area (TPSA) is 55.6 Å². The number of nitrogens with zero attached hydrogens (tertiary/aromatic N) is 1. The summed E-state index contributed by atoms with van der Waals surface area (Å²) in [6.07, 6.45) is 0. The van der Waals surface area contributed by atoms with E-state index < -0.39 is 0 Å². The summed E-state index contributed by atoms with van der Waals surface area (Å²) in [4.78, 5) is 13.1. The van der Waals surface area contributed by atoms with Crippen molar-refractivity contribution in [1.82, 2.24) is 0 Å². The monoisotopic (exact) mass is 206 g/mol. The maximum absolute atomic E-state index is 11.5. The maximum atomic E-state index is 11.5. The van der Waals surface area contributed by atoms with Crippen LogP contribution in [0.3, 0.4) is 0 Å². The van der Waals surface area contributed by atoms with Gasteiger partial charge in [-0.3, -0.25) is 4.79 Å². The molecule has 1 aliphatic heterocycles. The average molecular weight is 206 g/mol. The number of fused-ring (bicyclic) bond motifs is 1. The molecule has 0 bridgehead atoms. The van der Waals surface area contributed by atoms with Gasteiger partial charge in [0.15, 0.2) is 12.4 Å². The van der Waals surface area contributed by atoms with Crippen molar-refractivity contribution < 1.29 is 9.53 Å². The third kappa shape index (κ3) is 1.33. The number of nitrogens with two attached hydrogens (primary N) is 1. The van der Waals surface area contributed by atoms with E-state index in [4.69, 9.17) is 10.5 Å². The van der Waals surface area contributed by atoms with E-state index in [1.807, 2.05) is 19.9 Å². The molecule has 4 heteroatoms. The van der Waals surface area contributed by atoms with Crippen LogP contribution in [0.15, 0.2) is 6.07 Å². The third-order valence-electron chi connectivity index (χ3n) is 2.74. The number of aryl methyl sites for hydroxylation is 2. The molecule has 4 nitrogen and oxygen atoms in total. The molecule has 80 valence electrons. The van der Waals surface area contributed by atoms with Crippen LogP contribution < -0.4 is 15.4 Å². The number of nitrogen functional groups attached to an aromatic ring is 1. The van der Waals surface area contributed by atoms with Crippen LogP contribution in [-0.2, 0) is 4.79 Å². The summed E-state index contributed by atoms with van der Waals surface area (Å²) in [5, 5.41) is 0. The fourth-order valence-corrected chi connectivity index (χ4v) is 1.87. The number of anilines is 2. The lowest BCUT2D eigenvalue weighted by atomic mass is 10.1. The lowest BCUT2D eigenvalue weighted by molar-refractivity contribution is -0.120. The normalized spacial score (nSPS) is 14.9. The molecule has 0 aliphatic carbocycles. The highest BCUT2D eigenvalue weighted by Gasteiger charge is 2.26. The van der Waals surface area contributed by atoms with Gasteiger partial charge >= 0.3 is 0 Å². The molecule has 0 aromatic heterocycles. The van der Waals surface area contributed by atoms with Crippen LogP contribution >= 0.6 is 0 Å². The molecule has 1 amide bonds. The number of hydrogen-bond donors (Lipinski definition) is 1. The van der Waals surface area contributed by atoms with Crippen LogP contribution in [-0.4, -0.2) is 19.6 Å². The van der Waals surface area contributed by atoms with Gasteiger partial charge in [-0.05, 0) is 25.0 Å². The van der Waals surface area contributed by atoms with Gasteiger partial charge in [0.25, 0.3) is 5.91 Å². The quantitative estimate of drug-likeness (QED) is 0.650. The molecule has 1 aliphatic rings. The number of likely N-dealkylation sites (N-methyl/N-ethyl adjacent to an activating group) is 1. The molecule has 0 unspecified atom stereocenters. The van der Waals surface area contributed by atoms with Crippen LogP contribution in [0.2, 0.25) is 0 Å². The Morgan fingerprint density at radius 2 is 2.07 bits per heavy atom. The zero-order valence-corrected chi connectivity index (χ0v) is 9.13. The average Bonchev–Trinajstić information content (AvgIpc) is 2.18.